The number of ether oxygens (including phenoxy) is 1. The van der Waals surface area contributed by atoms with Crippen molar-refractivity contribution in [3.8, 4) is 5.75 Å². The molecule has 0 unspecified atom stereocenters. The summed E-state index contributed by atoms with van der Waals surface area (Å²) in [6.45, 7) is 1.70. The maximum atomic E-state index is 12.5. The van der Waals surface area contributed by atoms with Gasteiger partial charge in [-0.2, -0.15) is 0 Å². The van der Waals surface area contributed by atoms with Crippen molar-refractivity contribution in [1.29, 1.82) is 0 Å². The van der Waals surface area contributed by atoms with Crippen LogP contribution in [0.5, 0.6) is 5.75 Å². The molecule has 8 nitrogen and oxygen atoms in total. The number of aromatic nitrogens is 1. The quantitative estimate of drug-likeness (QED) is 0.803. The molecule has 2 aliphatic rings. The second kappa shape index (κ2) is 6.40. The van der Waals surface area contributed by atoms with Crippen LogP contribution in [-0.2, 0) is 10.0 Å². The zero-order valence-corrected chi connectivity index (χ0v) is 14.9. The molecule has 1 spiro atoms. The number of benzene rings is 1. The Morgan fingerprint density at radius 2 is 1.96 bits per heavy atom. The molecule has 9 heteroatoms. The molecule has 1 N–H and O–H groups in total. The number of carbonyl (C=O) groups is 1. The van der Waals surface area contributed by atoms with E-state index < -0.39 is 10.0 Å². The van der Waals surface area contributed by atoms with E-state index in [9.17, 15) is 13.2 Å². The standard InChI is InChI=1S/C17H19N3O5S/c21-16(14-5-8-18-25-14)20-9-6-17(7-10-20)11-19-26(22,23)15-4-2-1-3-13(15)24-12-17/h1-5,8,19H,6-7,9-12H2. The van der Waals surface area contributed by atoms with Gasteiger partial charge in [-0.3, -0.25) is 4.79 Å². The fraction of sp³-hybridized carbons (Fsp3) is 0.412. The van der Waals surface area contributed by atoms with Crippen LogP contribution in [0.2, 0.25) is 0 Å². The average molecular weight is 377 g/mol. The highest BCUT2D eigenvalue weighted by atomic mass is 32.2. The lowest BCUT2D eigenvalue weighted by Gasteiger charge is -2.42. The van der Waals surface area contributed by atoms with Gasteiger partial charge in [0, 0.05) is 31.1 Å². The summed E-state index contributed by atoms with van der Waals surface area (Å²) in [5, 5.41) is 3.56. The highest BCUT2D eigenvalue weighted by molar-refractivity contribution is 7.89. The van der Waals surface area contributed by atoms with Crippen LogP contribution in [0, 0.1) is 5.41 Å². The Balaban J connectivity index is 1.50. The van der Waals surface area contributed by atoms with Gasteiger partial charge in [0.05, 0.1) is 12.8 Å². The number of fused-ring (bicyclic) bond motifs is 1. The highest BCUT2D eigenvalue weighted by Gasteiger charge is 2.40. The molecule has 0 aliphatic carbocycles. The van der Waals surface area contributed by atoms with Crippen LogP contribution in [0.3, 0.4) is 0 Å². The molecule has 1 saturated heterocycles. The SMILES string of the molecule is O=C(c1ccno1)N1CCC2(CC1)CNS(=O)(=O)c1ccccc1OC2. The Kier molecular flexibility index (Phi) is 4.20. The van der Waals surface area contributed by atoms with Crippen molar-refractivity contribution in [3.05, 3.63) is 42.3 Å². The van der Waals surface area contributed by atoms with Crippen LogP contribution in [0.4, 0.5) is 0 Å². The third-order valence-corrected chi connectivity index (χ3v) is 6.51. The van der Waals surface area contributed by atoms with Crippen LogP contribution < -0.4 is 9.46 Å². The normalized spacial score (nSPS) is 21.3. The van der Waals surface area contributed by atoms with Crippen LogP contribution >= 0.6 is 0 Å². The van der Waals surface area contributed by atoms with Gasteiger partial charge in [-0.05, 0) is 25.0 Å². The number of likely N-dealkylation sites (tertiary alicyclic amines) is 1. The number of piperidine rings is 1. The molecule has 4 rings (SSSR count). The van der Waals surface area contributed by atoms with Crippen molar-refractivity contribution in [2.45, 2.75) is 17.7 Å². The minimum absolute atomic E-state index is 0.160. The molecular formula is C17H19N3O5S. The summed E-state index contributed by atoms with van der Waals surface area (Å²) in [4.78, 5) is 14.2. The summed E-state index contributed by atoms with van der Waals surface area (Å²) in [7, 11) is -3.62. The van der Waals surface area contributed by atoms with Crippen LogP contribution in [0.25, 0.3) is 0 Å². The van der Waals surface area contributed by atoms with E-state index in [0.717, 1.165) is 0 Å². The van der Waals surface area contributed by atoms with Crippen LogP contribution in [-0.4, -0.2) is 50.6 Å². The van der Waals surface area contributed by atoms with Crippen molar-refractivity contribution in [1.82, 2.24) is 14.8 Å². The van der Waals surface area contributed by atoms with Crippen molar-refractivity contribution in [2.75, 3.05) is 26.2 Å². The molecule has 2 aliphatic heterocycles. The highest BCUT2D eigenvalue weighted by Crippen LogP contribution is 2.36. The summed E-state index contributed by atoms with van der Waals surface area (Å²) >= 11 is 0. The van der Waals surface area contributed by atoms with E-state index in [0.29, 0.717) is 38.3 Å². The smallest absolute Gasteiger partial charge is 0.292 e. The zero-order valence-electron chi connectivity index (χ0n) is 14.1. The van der Waals surface area contributed by atoms with Crippen LogP contribution in [0.15, 0.2) is 45.9 Å². The van der Waals surface area contributed by atoms with Crippen molar-refractivity contribution in [2.24, 2.45) is 5.41 Å². The van der Waals surface area contributed by atoms with Gasteiger partial charge in [0.15, 0.2) is 0 Å². The fourth-order valence-electron chi connectivity index (χ4n) is 3.39. The number of amides is 1. The van der Waals surface area contributed by atoms with Gasteiger partial charge in [0.25, 0.3) is 5.91 Å². The predicted octanol–water partition coefficient (Wildman–Crippen LogP) is 1.27. The molecule has 1 fully saturated rings. The van der Waals surface area contributed by atoms with Crippen molar-refractivity contribution < 1.29 is 22.5 Å². The Labute approximate surface area is 151 Å². The molecule has 0 radical (unpaired) electrons. The lowest BCUT2D eigenvalue weighted by molar-refractivity contribution is 0.0393. The number of hydrogen-bond donors (Lipinski definition) is 1. The van der Waals surface area contributed by atoms with E-state index in [2.05, 4.69) is 9.88 Å². The first kappa shape index (κ1) is 17.0. The van der Waals surface area contributed by atoms with E-state index in [1.807, 2.05) is 0 Å². The zero-order chi connectivity index (χ0) is 18.2. The molecule has 1 aromatic carbocycles. The van der Waals surface area contributed by atoms with Gasteiger partial charge in [-0.15, -0.1) is 0 Å². The summed E-state index contributed by atoms with van der Waals surface area (Å²) in [5.74, 6) is 0.374. The number of hydrogen-bond acceptors (Lipinski definition) is 6. The predicted molar refractivity (Wildman–Crippen MR) is 91.2 cm³/mol. The Bertz CT molecular complexity index is 902. The molecule has 26 heavy (non-hydrogen) atoms. The van der Waals surface area contributed by atoms with Gasteiger partial charge in [-0.1, -0.05) is 17.3 Å². The van der Waals surface area contributed by atoms with E-state index in [-0.39, 0.29) is 28.5 Å². The number of rotatable bonds is 1. The number of sulfonamides is 1. The number of carbonyl (C=O) groups excluding carboxylic acids is 1. The van der Waals surface area contributed by atoms with E-state index in [1.54, 1.807) is 23.1 Å². The summed E-state index contributed by atoms with van der Waals surface area (Å²) < 4.78 is 38.6. The largest absolute Gasteiger partial charge is 0.492 e. The van der Waals surface area contributed by atoms with Crippen LogP contribution in [0.1, 0.15) is 23.4 Å². The second-order valence-electron chi connectivity index (χ2n) is 6.73. The average Bonchev–Trinajstić information content (AvgIpc) is 3.19. The van der Waals surface area contributed by atoms with Gasteiger partial charge < -0.3 is 14.2 Å². The molecule has 1 aromatic heterocycles. The van der Waals surface area contributed by atoms with Gasteiger partial charge >= 0.3 is 0 Å². The molecule has 3 heterocycles. The second-order valence-corrected chi connectivity index (χ2v) is 8.46. The molecule has 0 saturated carbocycles. The minimum atomic E-state index is -3.62. The molecular weight excluding hydrogens is 358 g/mol. The molecule has 0 atom stereocenters. The molecule has 138 valence electrons. The lowest BCUT2D eigenvalue weighted by Crippen LogP contribution is -2.51. The minimum Gasteiger partial charge on any atom is -0.492 e. The van der Waals surface area contributed by atoms with Gasteiger partial charge in [-0.25, -0.2) is 13.1 Å². The first-order chi connectivity index (χ1) is 12.5. The Hall–Kier alpha value is -2.39. The summed E-state index contributed by atoms with van der Waals surface area (Å²) in [5.41, 5.74) is -0.348. The first-order valence-corrected chi connectivity index (χ1v) is 9.89. The molecule has 1 amide bonds. The lowest BCUT2D eigenvalue weighted by atomic mass is 9.79. The third-order valence-electron chi connectivity index (χ3n) is 5.07. The monoisotopic (exact) mass is 377 g/mol. The van der Waals surface area contributed by atoms with Gasteiger partial charge in [0.2, 0.25) is 15.8 Å². The summed E-state index contributed by atoms with van der Waals surface area (Å²) in [6, 6.07) is 8.16. The number of nitrogens with zero attached hydrogens (tertiary/aromatic N) is 2. The Morgan fingerprint density at radius 3 is 2.69 bits per heavy atom. The van der Waals surface area contributed by atoms with Crippen molar-refractivity contribution >= 4 is 15.9 Å². The number of nitrogens with one attached hydrogen (secondary N) is 1. The van der Waals surface area contributed by atoms with Gasteiger partial charge in [0.1, 0.15) is 10.6 Å². The maximum Gasteiger partial charge on any atom is 0.292 e. The topological polar surface area (TPSA) is 102 Å². The van der Waals surface area contributed by atoms with E-state index in [1.165, 1.54) is 18.3 Å². The first-order valence-electron chi connectivity index (χ1n) is 8.41. The van der Waals surface area contributed by atoms with Crippen molar-refractivity contribution in [3.63, 3.8) is 0 Å². The van der Waals surface area contributed by atoms with E-state index >= 15 is 0 Å². The maximum absolute atomic E-state index is 12.5. The number of para-hydroxylation sites is 1. The molecule has 0 bridgehead atoms. The fourth-order valence-corrected chi connectivity index (χ4v) is 4.69. The third kappa shape index (κ3) is 3.08. The molecule has 2 aromatic rings. The Morgan fingerprint density at radius 1 is 1.19 bits per heavy atom. The summed E-state index contributed by atoms with van der Waals surface area (Å²) in [6.07, 6.45) is 2.71. The van der Waals surface area contributed by atoms with E-state index in [4.69, 9.17) is 9.26 Å².